The Morgan fingerprint density at radius 2 is 2.29 bits per heavy atom. The van der Waals surface area contributed by atoms with Gasteiger partial charge in [-0.3, -0.25) is 4.79 Å². The van der Waals surface area contributed by atoms with Gasteiger partial charge < -0.3 is 10.4 Å². The first-order chi connectivity index (χ1) is 6.63. The fourth-order valence-electron chi connectivity index (χ4n) is 0.974. The van der Waals surface area contributed by atoms with E-state index in [4.69, 9.17) is 5.11 Å². The number of hydrogen-bond donors (Lipinski definition) is 2. The molecule has 0 aliphatic heterocycles. The molecule has 1 aromatic carbocycles. The Hall–Kier alpha value is -1.91. The zero-order valence-corrected chi connectivity index (χ0v) is 7.16. The van der Waals surface area contributed by atoms with Crippen molar-refractivity contribution in [3.05, 3.63) is 35.1 Å². The molecule has 0 aliphatic rings. The summed E-state index contributed by atoms with van der Waals surface area (Å²) < 4.78 is 13.0. The minimum absolute atomic E-state index is 0.150. The van der Waals surface area contributed by atoms with Crippen LogP contribution < -0.4 is 5.32 Å². The zero-order chi connectivity index (χ0) is 10.6. The van der Waals surface area contributed by atoms with Crippen LogP contribution in [-0.4, -0.2) is 17.5 Å². The molecular formula is C9H8FNO3. The van der Waals surface area contributed by atoms with Crippen molar-refractivity contribution in [1.82, 2.24) is 5.32 Å². The number of carbonyl (C=O) groups is 2. The molecule has 1 amide bonds. The zero-order valence-electron chi connectivity index (χ0n) is 7.16. The Bertz CT molecular complexity index is 365. The molecule has 1 rings (SSSR count). The lowest BCUT2D eigenvalue weighted by Crippen LogP contribution is -2.20. The molecule has 74 valence electrons. The molecule has 0 aromatic heterocycles. The van der Waals surface area contributed by atoms with Crippen molar-refractivity contribution >= 4 is 12.4 Å². The SMILES string of the molecule is O=Cc1ccc(F)c(CNC(=O)O)c1. The van der Waals surface area contributed by atoms with Crippen LogP contribution in [0.25, 0.3) is 0 Å². The summed E-state index contributed by atoms with van der Waals surface area (Å²) in [5.41, 5.74) is 0.464. The van der Waals surface area contributed by atoms with Gasteiger partial charge >= 0.3 is 6.09 Å². The minimum Gasteiger partial charge on any atom is -0.465 e. The second-order valence-corrected chi connectivity index (χ2v) is 2.63. The van der Waals surface area contributed by atoms with E-state index in [1.165, 1.54) is 12.1 Å². The van der Waals surface area contributed by atoms with E-state index < -0.39 is 11.9 Å². The van der Waals surface area contributed by atoms with Crippen molar-refractivity contribution in [2.75, 3.05) is 0 Å². The highest BCUT2D eigenvalue weighted by molar-refractivity contribution is 5.75. The van der Waals surface area contributed by atoms with E-state index in [1.54, 1.807) is 0 Å². The lowest BCUT2D eigenvalue weighted by atomic mass is 10.1. The highest BCUT2D eigenvalue weighted by Crippen LogP contribution is 2.08. The van der Waals surface area contributed by atoms with E-state index in [1.807, 2.05) is 5.32 Å². The summed E-state index contributed by atoms with van der Waals surface area (Å²) in [5.74, 6) is -0.538. The van der Waals surface area contributed by atoms with Gasteiger partial charge in [-0.15, -0.1) is 0 Å². The monoisotopic (exact) mass is 197 g/mol. The molecule has 0 spiro atoms. The van der Waals surface area contributed by atoms with Gasteiger partial charge in [0.15, 0.2) is 0 Å². The van der Waals surface area contributed by atoms with Gasteiger partial charge in [0.05, 0.1) is 0 Å². The smallest absolute Gasteiger partial charge is 0.404 e. The molecule has 0 unspecified atom stereocenters. The van der Waals surface area contributed by atoms with Crippen LogP contribution in [0.3, 0.4) is 0 Å². The number of halogens is 1. The number of aldehydes is 1. The summed E-state index contributed by atoms with van der Waals surface area (Å²) in [7, 11) is 0. The minimum atomic E-state index is -1.24. The molecular weight excluding hydrogens is 189 g/mol. The molecule has 0 saturated heterocycles. The van der Waals surface area contributed by atoms with E-state index in [9.17, 15) is 14.0 Å². The largest absolute Gasteiger partial charge is 0.465 e. The standard InChI is InChI=1S/C9H8FNO3/c10-8-2-1-6(5-12)3-7(8)4-11-9(13)14/h1-3,5,11H,4H2,(H,13,14). The molecule has 0 heterocycles. The van der Waals surface area contributed by atoms with E-state index in [-0.39, 0.29) is 12.1 Å². The van der Waals surface area contributed by atoms with E-state index in [0.717, 1.165) is 6.07 Å². The van der Waals surface area contributed by atoms with Crippen molar-refractivity contribution in [3.8, 4) is 0 Å². The van der Waals surface area contributed by atoms with Crippen LogP contribution in [0.15, 0.2) is 18.2 Å². The molecule has 2 N–H and O–H groups in total. The van der Waals surface area contributed by atoms with Crippen molar-refractivity contribution in [1.29, 1.82) is 0 Å². The quantitative estimate of drug-likeness (QED) is 0.720. The molecule has 0 fully saturated rings. The van der Waals surface area contributed by atoms with Crippen LogP contribution >= 0.6 is 0 Å². The van der Waals surface area contributed by atoms with Crippen LogP contribution in [-0.2, 0) is 6.54 Å². The number of hydrogen-bond acceptors (Lipinski definition) is 2. The second kappa shape index (κ2) is 4.36. The van der Waals surface area contributed by atoms with Crippen molar-refractivity contribution < 1.29 is 19.1 Å². The van der Waals surface area contributed by atoms with Crippen LogP contribution in [0.4, 0.5) is 9.18 Å². The molecule has 0 atom stereocenters. The number of nitrogens with one attached hydrogen (secondary N) is 1. The van der Waals surface area contributed by atoms with Gasteiger partial charge in [-0.05, 0) is 18.2 Å². The first-order valence-electron chi connectivity index (χ1n) is 3.84. The van der Waals surface area contributed by atoms with Gasteiger partial charge in [0.1, 0.15) is 12.1 Å². The maximum atomic E-state index is 13.0. The fourth-order valence-corrected chi connectivity index (χ4v) is 0.974. The maximum absolute atomic E-state index is 13.0. The lowest BCUT2D eigenvalue weighted by Gasteiger charge is -2.03. The second-order valence-electron chi connectivity index (χ2n) is 2.63. The van der Waals surface area contributed by atoms with Gasteiger partial charge in [-0.25, -0.2) is 9.18 Å². The third kappa shape index (κ3) is 2.55. The van der Waals surface area contributed by atoms with Crippen LogP contribution in [0.5, 0.6) is 0 Å². The predicted molar refractivity (Wildman–Crippen MR) is 46.7 cm³/mol. The highest BCUT2D eigenvalue weighted by atomic mass is 19.1. The van der Waals surface area contributed by atoms with Crippen molar-refractivity contribution in [2.24, 2.45) is 0 Å². The number of carboxylic acid groups (broad SMARTS) is 1. The molecule has 1 aromatic rings. The van der Waals surface area contributed by atoms with Gasteiger partial charge in [-0.1, -0.05) is 0 Å². The van der Waals surface area contributed by atoms with Crippen molar-refractivity contribution in [3.63, 3.8) is 0 Å². The van der Waals surface area contributed by atoms with Crippen LogP contribution in [0.1, 0.15) is 15.9 Å². The summed E-state index contributed by atoms with van der Waals surface area (Å²) in [6, 6.07) is 3.76. The average molecular weight is 197 g/mol. The number of amides is 1. The molecule has 4 nitrogen and oxygen atoms in total. The summed E-state index contributed by atoms with van der Waals surface area (Å²) in [4.78, 5) is 20.5. The summed E-state index contributed by atoms with van der Waals surface area (Å²) >= 11 is 0. The Morgan fingerprint density at radius 3 is 2.86 bits per heavy atom. The lowest BCUT2D eigenvalue weighted by molar-refractivity contribution is 0.112. The third-order valence-electron chi connectivity index (χ3n) is 1.64. The van der Waals surface area contributed by atoms with Crippen LogP contribution in [0, 0.1) is 5.82 Å². The molecule has 0 radical (unpaired) electrons. The maximum Gasteiger partial charge on any atom is 0.404 e. The van der Waals surface area contributed by atoms with Gasteiger partial charge in [0.2, 0.25) is 0 Å². The van der Waals surface area contributed by atoms with E-state index in [2.05, 4.69) is 0 Å². The normalized spacial score (nSPS) is 9.50. The topological polar surface area (TPSA) is 66.4 Å². The van der Waals surface area contributed by atoms with Gasteiger partial charge in [0, 0.05) is 17.7 Å². The summed E-state index contributed by atoms with van der Waals surface area (Å²) in [6.07, 6.45) is -0.662. The molecule has 0 bridgehead atoms. The fraction of sp³-hybridized carbons (Fsp3) is 0.111. The Labute approximate surface area is 79.4 Å². The van der Waals surface area contributed by atoms with Gasteiger partial charge in [-0.2, -0.15) is 0 Å². The van der Waals surface area contributed by atoms with Crippen LogP contribution in [0.2, 0.25) is 0 Å². The predicted octanol–water partition coefficient (Wildman–Crippen LogP) is 1.41. The van der Waals surface area contributed by atoms with Crippen molar-refractivity contribution in [2.45, 2.75) is 6.54 Å². The first-order valence-corrected chi connectivity index (χ1v) is 3.84. The van der Waals surface area contributed by atoms with Gasteiger partial charge in [0.25, 0.3) is 0 Å². The molecule has 0 saturated carbocycles. The number of benzene rings is 1. The Balaban J connectivity index is 2.83. The molecule has 5 heteroatoms. The highest BCUT2D eigenvalue weighted by Gasteiger charge is 2.04. The number of rotatable bonds is 3. The van der Waals surface area contributed by atoms with E-state index >= 15 is 0 Å². The number of carbonyl (C=O) groups excluding carboxylic acids is 1. The third-order valence-corrected chi connectivity index (χ3v) is 1.64. The average Bonchev–Trinajstić information content (AvgIpc) is 2.16. The summed E-state index contributed by atoms with van der Waals surface area (Å²) in [6.45, 7) is -0.150. The Morgan fingerprint density at radius 1 is 1.57 bits per heavy atom. The summed E-state index contributed by atoms with van der Waals surface area (Å²) in [5, 5.41) is 10.3. The first kappa shape index (κ1) is 10.2. The molecule has 14 heavy (non-hydrogen) atoms. The van der Waals surface area contributed by atoms with E-state index in [0.29, 0.717) is 11.8 Å². The Kier molecular flexibility index (Phi) is 3.17. The molecule has 0 aliphatic carbocycles.